The molecule has 0 saturated carbocycles. The molecular formula is C10H12O6. The van der Waals surface area contributed by atoms with Gasteiger partial charge in [0.2, 0.25) is 0 Å². The highest BCUT2D eigenvalue weighted by atomic mass is 16.9. The Morgan fingerprint density at radius 1 is 1.31 bits per heavy atom. The van der Waals surface area contributed by atoms with E-state index < -0.39 is 17.9 Å². The molecule has 6 nitrogen and oxygen atoms in total. The van der Waals surface area contributed by atoms with Gasteiger partial charge in [0.05, 0.1) is 19.1 Å². The van der Waals surface area contributed by atoms with Gasteiger partial charge in [0, 0.05) is 19.3 Å². The van der Waals surface area contributed by atoms with Crippen molar-refractivity contribution in [2.24, 2.45) is 0 Å². The first-order valence-corrected chi connectivity index (χ1v) is 4.94. The first kappa shape index (κ1) is 11.1. The third-order valence-corrected chi connectivity index (χ3v) is 2.44. The smallest absolute Gasteiger partial charge is 0.378 e. The van der Waals surface area contributed by atoms with E-state index >= 15 is 0 Å². The molecule has 0 N–H and O–H groups in total. The second-order valence-corrected chi connectivity index (χ2v) is 3.56. The van der Waals surface area contributed by atoms with E-state index in [4.69, 9.17) is 18.9 Å². The number of hydrogen-bond acceptors (Lipinski definition) is 6. The number of hydrogen-bond donors (Lipinski definition) is 0. The molecule has 0 aliphatic carbocycles. The summed E-state index contributed by atoms with van der Waals surface area (Å²) in [6, 6.07) is 0. The first-order chi connectivity index (χ1) is 7.63. The first-order valence-electron chi connectivity index (χ1n) is 4.94. The average molecular weight is 228 g/mol. The Morgan fingerprint density at radius 2 is 1.94 bits per heavy atom. The summed E-state index contributed by atoms with van der Waals surface area (Å²) >= 11 is 0. The van der Waals surface area contributed by atoms with Crippen molar-refractivity contribution in [2.75, 3.05) is 13.7 Å². The molecule has 1 atom stereocenters. The quantitative estimate of drug-likeness (QED) is 0.594. The highest BCUT2D eigenvalue weighted by Gasteiger charge is 2.46. The average Bonchev–Trinajstić information content (AvgIpc) is 2.38. The van der Waals surface area contributed by atoms with E-state index in [9.17, 15) is 9.59 Å². The standard InChI is InChI=1S/C10H12O6/c1-13-7-4-5-14-10(6-7)15-8(11)2-3-9(12)16-10/h2-3,7H,4-6H2,1H3. The minimum Gasteiger partial charge on any atom is -0.394 e. The Labute approximate surface area is 92.1 Å². The van der Waals surface area contributed by atoms with Crippen LogP contribution in [0.1, 0.15) is 12.8 Å². The third-order valence-electron chi connectivity index (χ3n) is 2.44. The Morgan fingerprint density at radius 3 is 2.50 bits per heavy atom. The van der Waals surface area contributed by atoms with Gasteiger partial charge in [0.1, 0.15) is 0 Å². The van der Waals surface area contributed by atoms with Crippen molar-refractivity contribution in [1.29, 1.82) is 0 Å². The lowest BCUT2D eigenvalue weighted by Crippen LogP contribution is -2.48. The zero-order valence-corrected chi connectivity index (χ0v) is 8.80. The molecule has 1 saturated heterocycles. The maximum absolute atomic E-state index is 11.2. The summed E-state index contributed by atoms with van der Waals surface area (Å²) in [5, 5.41) is 0. The maximum atomic E-state index is 11.2. The van der Waals surface area contributed by atoms with Crippen LogP contribution in [-0.2, 0) is 28.5 Å². The molecule has 6 heteroatoms. The van der Waals surface area contributed by atoms with E-state index in [0.29, 0.717) is 13.0 Å². The van der Waals surface area contributed by atoms with Gasteiger partial charge in [-0.3, -0.25) is 0 Å². The van der Waals surface area contributed by atoms with Crippen LogP contribution in [0.4, 0.5) is 0 Å². The van der Waals surface area contributed by atoms with E-state index in [-0.39, 0.29) is 12.5 Å². The molecule has 0 bridgehead atoms. The third kappa shape index (κ3) is 2.23. The van der Waals surface area contributed by atoms with E-state index in [1.165, 1.54) is 0 Å². The topological polar surface area (TPSA) is 71.1 Å². The molecule has 16 heavy (non-hydrogen) atoms. The lowest BCUT2D eigenvalue weighted by molar-refractivity contribution is -0.364. The number of carbonyl (C=O) groups excluding carboxylic acids is 2. The molecule has 2 aliphatic rings. The summed E-state index contributed by atoms with van der Waals surface area (Å²) in [7, 11) is 1.54. The lowest BCUT2D eigenvalue weighted by Gasteiger charge is -2.36. The molecule has 2 aliphatic heterocycles. The van der Waals surface area contributed by atoms with Gasteiger partial charge in [-0.2, -0.15) is 0 Å². The molecule has 2 rings (SSSR count). The highest BCUT2D eigenvalue weighted by molar-refractivity contribution is 5.93. The van der Waals surface area contributed by atoms with Crippen LogP contribution in [0, 0.1) is 0 Å². The molecule has 0 radical (unpaired) electrons. The van der Waals surface area contributed by atoms with Crippen molar-refractivity contribution >= 4 is 11.9 Å². The van der Waals surface area contributed by atoms with Gasteiger partial charge in [0.15, 0.2) is 0 Å². The SMILES string of the molecule is COC1CCOC2(C1)OC(=O)C=CC(=O)O2. The maximum Gasteiger partial charge on any atom is 0.378 e. The number of esters is 2. The van der Waals surface area contributed by atoms with Crippen LogP contribution in [0.5, 0.6) is 0 Å². The van der Waals surface area contributed by atoms with Gasteiger partial charge in [0.25, 0.3) is 0 Å². The van der Waals surface area contributed by atoms with Gasteiger partial charge >= 0.3 is 17.9 Å². The van der Waals surface area contributed by atoms with E-state index in [1.807, 2.05) is 0 Å². The van der Waals surface area contributed by atoms with Crippen LogP contribution < -0.4 is 0 Å². The number of ether oxygens (including phenoxy) is 4. The highest BCUT2D eigenvalue weighted by Crippen LogP contribution is 2.30. The van der Waals surface area contributed by atoms with Gasteiger partial charge in [-0.25, -0.2) is 9.59 Å². The normalized spacial score (nSPS) is 28.4. The molecule has 1 unspecified atom stereocenters. The van der Waals surface area contributed by atoms with Crippen molar-refractivity contribution in [2.45, 2.75) is 24.9 Å². The largest absolute Gasteiger partial charge is 0.394 e. The zero-order chi connectivity index (χ0) is 11.6. The monoisotopic (exact) mass is 228 g/mol. The lowest BCUT2D eigenvalue weighted by atomic mass is 10.1. The van der Waals surface area contributed by atoms with Crippen molar-refractivity contribution in [3.8, 4) is 0 Å². The van der Waals surface area contributed by atoms with Crippen molar-refractivity contribution in [3.05, 3.63) is 12.2 Å². The molecule has 0 aromatic rings. The Kier molecular flexibility index (Phi) is 2.93. The Bertz CT molecular complexity index is 314. The number of methoxy groups -OCH3 is 1. The van der Waals surface area contributed by atoms with Crippen LogP contribution in [0.25, 0.3) is 0 Å². The zero-order valence-electron chi connectivity index (χ0n) is 8.80. The van der Waals surface area contributed by atoms with Crippen LogP contribution in [-0.4, -0.2) is 37.7 Å². The van der Waals surface area contributed by atoms with Gasteiger partial charge in [-0.1, -0.05) is 0 Å². The molecule has 0 aromatic heterocycles. The molecule has 0 amide bonds. The van der Waals surface area contributed by atoms with Crippen LogP contribution in [0.15, 0.2) is 12.2 Å². The van der Waals surface area contributed by atoms with E-state index in [2.05, 4.69) is 0 Å². The van der Waals surface area contributed by atoms with Crippen LogP contribution in [0.3, 0.4) is 0 Å². The summed E-state index contributed by atoms with van der Waals surface area (Å²) in [6.45, 7) is 0.305. The second-order valence-electron chi connectivity index (χ2n) is 3.56. The van der Waals surface area contributed by atoms with Crippen LogP contribution >= 0.6 is 0 Å². The minimum absolute atomic E-state index is 0.160. The second kappa shape index (κ2) is 4.23. The van der Waals surface area contributed by atoms with E-state index in [1.54, 1.807) is 7.11 Å². The summed E-state index contributed by atoms with van der Waals surface area (Å²) in [5.74, 6) is -2.96. The Hall–Kier alpha value is -1.40. The van der Waals surface area contributed by atoms with Crippen LogP contribution in [0.2, 0.25) is 0 Å². The van der Waals surface area contributed by atoms with Gasteiger partial charge in [-0.05, 0) is 6.42 Å². The molecular weight excluding hydrogens is 216 g/mol. The minimum atomic E-state index is -1.63. The summed E-state index contributed by atoms with van der Waals surface area (Å²) in [5.41, 5.74) is 0. The molecule has 0 aromatic carbocycles. The van der Waals surface area contributed by atoms with Gasteiger partial charge in [-0.15, -0.1) is 0 Å². The molecule has 2 heterocycles. The van der Waals surface area contributed by atoms with E-state index in [0.717, 1.165) is 12.2 Å². The fraction of sp³-hybridized carbons (Fsp3) is 0.600. The molecule has 1 fully saturated rings. The fourth-order valence-electron chi connectivity index (χ4n) is 1.66. The van der Waals surface area contributed by atoms with Crippen molar-refractivity contribution in [3.63, 3.8) is 0 Å². The number of carbonyl (C=O) groups is 2. The van der Waals surface area contributed by atoms with Crippen molar-refractivity contribution in [1.82, 2.24) is 0 Å². The molecule has 88 valence electrons. The summed E-state index contributed by atoms with van der Waals surface area (Å²) < 4.78 is 20.3. The predicted octanol–water partition coefficient (Wildman–Crippen LogP) is 0.122. The summed E-state index contributed by atoms with van der Waals surface area (Å²) in [4.78, 5) is 22.5. The van der Waals surface area contributed by atoms with Crippen molar-refractivity contribution < 1.29 is 28.5 Å². The fourth-order valence-corrected chi connectivity index (χ4v) is 1.66. The number of rotatable bonds is 1. The van der Waals surface area contributed by atoms with Gasteiger partial charge < -0.3 is 18.9 Å². The molecule has 1 spiro atoms. The predicted molar refractivity (Wildman–Crippen MR) is 50.0 cm³/mol. The summed E-state index contributed by atoms with van der Waals surface area (Å²) in [6.07, 6.45) is 2.71. The Balaban J connectivity index is 2.16.